The lowest BCUT2D eigenvalue weighted by molar-refractivity contribution is 0.143. The number of fused-ring (bicyclic) bond motifs is 1. The van der Waals surface area contributed by atoms with Gasteiger partial charge in [0.15, 0.2) is 0 Å². The summed E-state index contributed by atoms with van der Waals surface area (Å²) >= 11 is 0. The molecule has 2 rings (SSSR count). The Bertz CT molecular complexity index is 348. The van der Waals surface area contributed by atoms with Crippen molar-refractivity contribution in [2.45, 2.75) is 45.3 Å². The highest BCUT2D eigenvalue weighted by molar-refractivity contribution is 5.60. The second-order valence-electron chi connectivity index (χ2n) is 4.42. The fourth-order valence-electron chi connectivity index (χ4n) is 2.33. The van der Waals surface area contributed by atoms with Crippen LogP contribution < -0.4 is 5.32 Å². The summed E-state index contributed by atoms with van der Waals surface area (Å²) in [6, 6.07) is 6.50. The molecule has 2 N–H and O–H groups in total. The van der Waals surface area contributed by atoms with E-state index in [0.29, 0.717) is 0 Å². The minimum atomic E-state index is -0.237. The smallest absolute Gasteiger partial charge is 0.0782 e. The van der Waals surface area contributed by atoms with Gasteiger partial charge in [-0.1, -0.05) is 31.5 Å². The van der Waals surface area contributed by atoms with Gasteiger partial charge in [-0.2, -0.15) is 0 Å². The molecular formula is C13H19NO. The highest BCUT2D eigenvalue weighted by atomic mass is 16.3. The Morgan fingerprint density at radius 2 is 2.27 bits per heavy atom. The molecule has 1 aliphatic heterocycles. The molecule has 2 atom stereocenters. The van der Waals surface area contributed by atoms with E-state index in [1.165, 1.54) is 16.8 Å². The van der Waals surface area contributed by atoms with Gasteiger partial charge < -0.3 is 10.4 Å². The second-order valence-corrected chi connectivity index (χ2v) is 4.42. The molecule has 0 spiro atoms. The van der Waals surface area contributed by atoms with Crippen molar-refractivity contribution in [2.24, 2.45) is 0 Å². The molecule has 2 unspecified atom stereocenters. The summed E-state index contributed by atoms with van der Waals surface area (Å²) in [5, 5.41) is 13.4. The van der Waals surface area contributed by atoms with Crippen LogP contribution in [0.2, 0.25) is 0 Å². The first-order valence-corrected chi connectivity index (χ1v) is 5.75. The van der Waals surface area contributed by atoms with Gasteiger partial charge in [0.1, 0.15) is 0 Å². The molecule has 82 valence electrons. The maximum absolute atomic E-state index is 9.98. The van der Waals surface area contributed by atoms with Gasteiger partial charge in [0.2, 0.25) is 0 Å². The number of benzene rings is 1. The summed E-state index contributed by atoms with van der Waals surface area (Å²) in [5.74, 6) is 0. The normalized spacial score (nSPS) is 24.5. The van der Waals surface area contributed by atoms with E-state index in [-0.39, 0.29) is 12.1 Å². The van der Waals surface area contributed by atoms with Crippen LogP contribution in [0.4, 0.5) is 5.69 Å². The first kappa shape index (κ1) is 10.5. The fourth-order valence-corrected chi connectivity index (χ4v) is 2.33. The Kier molecular flexibility index (Phi) is 2.96. The highest BCUT2D eigenvalue weighted by Crippen LogP contribution is 2.29. The van der Waals surface area contributed by atoms with Crippen molar-refractivity contribution in [3.05, 3.63) is 29.3 Å². The topological polar surface area (TPSA) is 32.3 Å². The SMILES string of the molecule is CCCC1Nc2c(C)cccc2CC1O. The molecule has 1 heterocycles. The molecule has 15 heavy (non-hydrogen) atoms. The third-order valence-corrected chi connectivity index (χ3v) is 3.18. The molecule has 0 aliphatic carbocycles. The van der Waals surface area contributed by atoms with Gasteiger partial charge in [-0.15, -0.1) is 0 Å². The fraction of sp³-hybridized carbons (Fsp3) is 0.538. The lowest BCUT2D eigenvalue weighted by Gasteiger charge is -2.32. The zero-order valence-corrected chi connectivity index (χ0v) is 9.46. The van der Waals surface area contributed by atoms with E-state index >= 15 is 0 Å². The van der Waals surface area contributed by atoms with E-state index < -0.39 is 0 Å². The molecular weight excluding hydrogens is 186 g/mol. The van der Waals surface area contributed by atoms with Gasteiger partial charge in [-0.3, -0.25) is 0 Å². The summed E-state index contributed by atoms with van der Waals surface area (Å²) in [4.78, 5) is 0. The van der Waals surface area contributed by atoms with Gasteiger partial charge in [-0.05, 0) is 24.5 Å². The van der Waals surface area contributed by atoms with E-state index in [0.717, 1.165) is 19.3 Å². The van der Waals surface area contributed by atoms with Crippen LogP contribution in [0, 0.1) is 6.92 Å². The number of aryl methyl sites for hydroxylation is 1. The third kappa shape index (κ3) is 2.00. The quantitative estimate of drug-likeness (QED) is 0.777. The van der Waals surface area contributed by atoms with Crippen molar-refractivity contribution in [3.8, 4) is 0 Å². The molecule has 0 aromatic heterocycles. The maximum atomic E-state index is 9.98. The Morgan fingerprint density at radius 3 is 3.00 bits per heavy atom. The monoisotopic (exact) mass is 205 g/mol. The average molecular weight is 205 g/mol. The van der Waals surface area contributed by atoms with Crippen molar-refractivity contribution in [1.82, 2.24) is 0 Å². The van der Waals surface area contributed by atoms with Crippen LogP contribution in [0.1, 0.15) is 30.9 Å². The minimum Gasteiger partial charge on any atom is -0.391 e. The third-order valence-electron chi connectivity index (χ3n) is 3.18. The Balaban J connectivity index is 2.26. The second kappa shape index (κ2) is 4.23. The van der Waals surface area contributed by atoms with Crippen LogP contribution in [0.25, 0.3) is 0 Å². The van der Waals surface area contributed by atoms with Crippen LogP contribution in [0.15, 0.2) is 18.2 Å². The standard InChI is InChI=1S/C13H19NO/c1-3-5-11-12(15)8-10-7-4-6-9(2)13(10)14-11/h4,6-7,11-12,14-15H,3,5,8H2,1-2H3. The Hall–Kier alpha value is -1.02. The Labute approximate surface area is 91.3 Å². The van der Waals surface area contributed by atoms with Crippen LogP contribution in [0.3, 0.4) is 0 Å². The predicted molar refractivity (Wildman–Crippen MR) is 63.2 cm³/mol. The van der Waals surface area contributed by atoms with E-state index in [2.05, 4.69) is 37.4 Å². The summed E-state index contributed by atoms with van der Waals surface area (Å²) < 4.78 is 0. The number of nitrogens with one attached hydrogen (secondary N) is 1. The van der Waals surface area contributed by atoms with E-state index in [1.807, 2.05) is 0 Å². The lowest BCUT2D eigenvalue weighted by atomic mass is 9.91. The van der Waals surface area contributed by atoms with Crippen LogP contribution >= 0.6 is 0 Å². The number of hydrogen-bond acceptors (Lipinski definition) is 2. The first-order valence-electron chi connectivity index (χ1n) is 5.75. The first-order chi connectivity index (χ1) is 7.22. The zero-order valence-electron chi connectivity index (χ0n) is 9.46. The van der Waals surface area contributed by atoms with Crippen molar-refractivity contribution < 1.29 is 5.11 Å². The van der Waals surface area contributed by atoms with E-state index in [1.54, 1.807) is 0 Å². The summed E-state index contributed by atoms with van der Waals surface area (Å²) in [7, 11) is 0. The van der Waals surface area contributed by atoms with Gasteiger partial charge >= 0.3 is 0 Å². The number of anilines is 1. The zero-order chi connectivity index (χ0) is 10.8. The molecule has 2 nitrogen and oxygen atoms in total. The minimum absolute atomic E-state index is 0.226. The molecule has 0 fully saturated rings. The predicted octanol–water partition coefficient (Wildman–Crippen LogP) is 2.49. The average Bonchev–Trinajstić information content (AvgIpc) is 2.21. The number of hydrogen-bond donors (Lipinski definition) is 2. The molecule has 1 aliphatic rings. The summed E-state index contributed by atoms with van der Waals surface area (Å²) in [6.45, 7) is 4.27. The van der Waals surface area contributed by atoms with Crippen LogP contribution in [0.5, 0.6) is 0 Å². The van der Waals surface area contributed by atoms with Crippen molar-refractivity contribution in [1.29, 1.82) is 0 Å². The lowest BCUT2D eigenvalue weighted by Crippen LogP contribution is -2.39. The molecule has 0 amide bonds. The molecule has 1 aromatic rings. The van der Waals surface area contributed by atoms with Gasteiger partial charge in [0.25, 0.3) is 0 Å². The van der Waals surface area contributed by atoms with Gasteiger partial charge in [0, 0.05) is 12.1 Å². The molecule has 1 aromatic carbocycles. The van der Waals surface area contributed by atoms with Crippen molar-refractivity contribution in [2.75, 3.05) is 5.32 Å². The van der Waals surface area contributed by atoms with Gasteiger partial charge in [0.05, 0.1) is 12.1 Å². The largest absolute Gasteiger partial charge is 0.391 e. The van der Waals surface area contributed by atoms with E-state index in [4.69, 9.17) is 0 Å². The molecule has 0 saturated carbocycles. The van der Waals surface area contributed by atoms with Crippen LogP contribution in [-0.2, 0) is 6.42 Å². The molecule has 2 heteroatoms. The Morgan fingerprint density at radius 1 is 1.47 bits per heavy atom. The van der Waals surface area contributed by atoms with Gasteiger partial charge in [-0.25, -0.2) is 0 Å². The molecule has 0 radical (unpaired) electrons. The molecule has 0 bridgehead atoms. The molecule has 0 saturated heterocycles. The number of rotatable bonds is 2. The number of aliphatic hydroxyl groups is 1. The number of aliphatic hydroxyl groups excluding tert-OH is 1. The number of para-hydroxylation sites is 1. The van der Waals surface area contributed by atoms with E-state index in [9.17, 15) is 5.11 Å². The van der Waals surface area contributed by atoms with Crippen LogP contribution in [-0.4, -0.2) is 17.3 Å². The highest BCUT2D eigenvalue weighted by Gasteiger charge is 2.25. The van der Waals surface area contributed by atoms with Crippen molar-refractivity contribution >= 4 is 5.69 Å². The maximum Gasteiger partial charge on any atom is 0.0782 e. The van der Waals surface area contributed by atoms with Crippen molar-refractivity contribution in [3.63, 3.8) is 0 Å². The summed E-state index contributed by atoms with van der Waals surface area (Å²) in [5.41, 5.74) is 3.76. The summed E-state index contributed by atoms with van der Waals surface area (Å²) in [6.07, 6.45) is 2.69.